The molecule has 238 valence electrons. The number of alkyl halides is 3. The van der Waals surface area contributed by atoms with Crippen LogP contribution in [0.4, 0.5) is 19.0 Å². The highest BCUT2D eigenvalue weighted by Gasteiger charge is 2.43. The second-order valence-corrected chi connectivity index (χ2v) is 11.5. The van der Waals surface area contributed by atoms with Gasteiger partial charge in [0.1, 0.15) is 28.2 Å². The number of carbonyl (C=O) groups is 3. The van der Waals surface area contributed by atoms with Gasteiger partial charge in [-0.3, -0.25) is 9.59 Å². The fourth-order valence-electron chi connectivity index (χ4n) is 5.10. The van der Waals surface area contributed by atoms with E-state index in [1.54, 1.807) is 47.6 Å². The quantitative estimate of drug-likeness (QED) is 0.334. The Balaban J connectivity index is 1.65. The molecule has 2 aromatic rings. The fourth-order valence-corrected chi connectivity index (χ4v) is 6.20. The Hall–Kier alpha value is -4.38. The molecule has 3 heterocycles. The van der Waals surface area contributed by atoms with Gasteiger partial charge in [0.2, 0.25) is 5.91 Å². The number of rotatable bonds is 7. The molecule has 2 aliphatic rings. The van der Waals surface area contributed by atoms with Crippen LogP contribution in [0.2, 0.25) is 0 Å². The number of piperazine rings is 1. The van der Waals surface area contributed by atoms with Crippen LogP contribution in [-0.4, -0.2) is 78.8 Å². The van der Waals surface area contributed by atoms with Gasteiger partial charge in [-0.2, -0.15) is 29.2 Å². The van der Waals surface area contributed by atoms with Crippen molar-refractivity contribution in [2.24, 2.45) is 5.73 Å². The van der Waals surface area contributed by atoms with Gasteiger partial charge in [0.25, 0.3) is 5.91 Å². The Bertz CT molecular complexity index is 1510. The van der Waals surface area contributed by atoms with E-state index in [4.69, 9.17) is 10.5 Å². The number of nitrogens with zero attached hydrogens (tertiary/aromatic N) is 5. The number of anilines is 1. The van der Waals surface area contributed by atoms with E-state index in [1.165, 1.54) is 0 Å². The molecule has 1 aromatic heterocycles. The van der Waals surface area contributed by atoms with Crippen LogP contribution in [0.25, 0.3) is 0 Å². The first kappa shape index (κ1) is 33.5. The number of ether oxygens (including phenoxy) is 1. The number of hydroxylamine groups is 1. The van der Waals surface area contributed by atoms with Crippen LogP contribution in [-0.2, 0) is 30.4 Å². The lowest BCUT2D eigenvalue weighted by Crippen LogP contribution is -2.61. The van der Waals surface area contributed by atoms with Crippen molar-refractivity contribution in [3.63, 3.8) is 0 Å². The third kappa shape index (κ3) is 7.47. The zero-order valence-electron chi connectivity index (χ0n) is 24.2. The van der Waals surface area contributed by atoms with Crippen molar-refractivity contribution in [1.82, 2.24) is 15.4 Å². The third-order valence-corrected chi connectivity index (χ3v) is 8.79. The molecular weight excluding hydrogens is 615 g/mol. The van der Waals surface area contributed by atoms with E-state index in [1.807, 2.05) is 4.90 Å². The smallest absolute Gasteiger partial charge is 0.381 e. The summed E-state index contributed by atoms with van der Waals surface area (Å²) in [6.45, 7) is 3.75. The topological polar surface area (TPSA) is 175 Å². The first-order valence-corrected chi connectivity index (χ1v) is 14.9. The SMILES string of the molecule is CCc1c(C#N)c(SC(C(=O)NOC(=O)C(F)(F)F)c2ccccc2)nc(N2CCN(C(=O)C3(N)CCOCC3)CC2)c1C#N. The van der Waals surface area contributed by atoms with Crippen LogP contribution >= 0.6 is 11.8 Å². The number of nitrogens with one attached hydrogen (secondary N) is 1. The van der Waals surface area contributed by atoms with Gasteiger partial charge in [0.05, 0.1) is 16.7 Å². The molecule has 1 unspecified atom stereocenters. The van der Waals surface area contributed by atoms with Gasteiger partial charge in [0.15, 0.2) is 0 Å². The molecule has 1 aromatic carbocycles. The average Bonchev–Trinajstić information content (AvgIpc) is 3.05. The zero-order valence-corrected chi connectivity index (χ0v) is 25.0. The zero-order chi connectivity index (χ0) is 32.8. The molecule has 0 spiro atoms. The highest BCUT2D eigenvalue weighted by Crippen LogP contribution is 2.40. The molecule has 16 heteroatoms. The van der Waals surface area contributed by atoms with Crippen molar-refractivity contribution < 1.29 is 37.1 Å². The number of nitrogens with two attached hydrogens (primary N) is 1. The summed E-state index contributed by atoms with van der Waals surface area (Å²) < 4.78 is 43.4. The fraction of sp³-hybridized carbons (Fsp3) is 0.448. The van der Waals surface area contributed by atoms with Crippen molar-refractivity contribution in [3.05, 3.63) is 52.6 Å². The summed E-state index contributed by atoms with van der Waals surface area (Å²) >= 11 is 0.764. The van der Waals surface area contributed by atoms with Crippen LogP contribution in [0.3, 0.4) is 0 Å². The molecular formula is C29H30F3N7O5S. The minimum atomic E-state index is -5.33. The van der Waals surface area contributed by atoms with Gasteiger partial charge >= 0.3 is 12.1 Å². The summed E-state index contributed by atoms with van der Waals surface area (Å²) in [6, 6.07) is 12.1. The molecule has 0 bridgehead atoms. The average molecular weight is 646 g/mol. The number of thioether (sulfide) groups is 1. The minimum absolute atomic E-state index is 0.0298. The number of aromatic nitrogens is 1. The lowest BCUT2D eigenvalue weighted by atomic mass is 9.89. The second-order valence-electron chi connectivity index (χ2n) is 10.4. The van der Waals surface area contributed by atoms with E-state index in [9.17, 15) is 38.1 Å². The second kappa shape index (κ2) is 14.2. The van der Waals surface area contributed by atoms with Crippen LogP contribution in [0.15, 0.2) is 35.4 Å². The molecule has 45 heavy (non-hydrogen) atoms. The molecule has 3 N–H and O–H groups in total. The maximum absolute atomic E-state index is 13.2. The van der Waals surface area contributed by atoms with Crippen molar-refractivity contribution >= 4 is 35.4 Å². The first-order valence-electron chi connectivity index (χ1n) is 14.0. The molecule has 0 radical (unpaired) electrons. The maximum atomic E-state index is 13.2. The molecule has 2 fully saturated rings. The Morgan fingerprint density at radius 1 is 1.11 bits per heavy atom. The summed E-state index contributed by atoms with van der Waals surface area (Å²) in [5, 5.41) is 19.0. The van der Waals surface area contributed by atoms with Crippen LogP contribution < -0.4 is 16.1 Å². The molecule has 2 amide bonds. The highest BCUT2D eigenvalue weighted by molar-refractivity contribution is 8.00. The summed E-state index contributed by atoms with van der Waals surface area (Å²) in [5.74, 6) is -3.64. The van der Waals surface area contributed by atoms with E-state index in [2.05, 4.69) is 22.0 Å². The summed E-state index contributed by atoms with van der Waals surface area (Å²) in [4.78, 5) is 49.7. The molecule has 0 saturated carbocycles. The van der Waals surface area contributed by atoms with Crippen molar-refractivity contribution in [2.75, 3.05) is 44.3 Å². The van der Waals surface area contributed by atoms with Crippen molar-refractivity contribution in [1.29, 1.82) is 10.5 Å². The molecule has 0 aliphatic carbocycles. The number of hydrogen-bond donors (Lipinski definition) is 2. The number of hydrogen-bond acceptors (Lipinski definition) is 11. The molecule has 1 atom stereocenters. The largest absolute Gasteiger partial charge is 0.493 e. The number of pyridine rings is 1. The minimum Gasteiger partial charge on any atom is -0.381 e. The summed E-state index contributed by atoms with van der Waals surface area (Å²) in [7, 11) is 0. The van der Waals surface area contributed by atoms with E-state index in [-0.39, 0.29) is 34.3 Å². The van der Waals surface area contributed by atoms with Gasteiger partial charge in [-0.25, -0.2) is 9.78 Å². The normalized spacial score (nSPS) is 17.0. The number of halogens is 3. The molecule has 12 nitrogen and oxygen atoms in total. The predicted molar refractivity (Wildman–Crippen MR) is 154 cm³/mol. The first-order chi connectivity index (χ1) is 21.4. The maximum Gasteiger partial charge on any atom is 0.493 e. The Labute approximate surface area is 261 Å². The lowest BCUT2D eigenvalue weighted by molar-refractivity contribution is -0.207. The molecule has 2 saturated heterocycles. The number of nitriles is 2. The van der Waals surface area contributed by atoms with Gasteiger partial charge in [-0.05, 0) is 30.4 Å². The summed E-state index contributed by atoms with van der Waals surface area (Å²) in [6.07, 6.45) is -4.25. The highest BCUT2D eigenvalue weighted by atomic mass is 32.2. The summed E-state index contributed by atoms with van der Waals surface area (Å²) in [5.41, 5.74) is 7.86. The van der Waals surface area contributed by atoms with Gasteiger partial charge in [-0.1, -0.05) is 49.0 Å². The number of amides is 2. The van der Waals surface area contributed by atoms with Gasteiger partial charge in [0, 0.05) is 39.4 Å². The van der Waals surface area contributed by atoms with Gasteiger partial charge < -0.3 is 25.1 Å². The number of benzene rings is 1. The van der Waals surface area contributed by atoms with Crippen LogP contribution in [0.1, 0.15) is 47.3 Å². The van der Waals surface area contributed by atoms with E-state index < -0.39 is 28.8 Å². The van der Waals surface area contributed by atoms with Crippen molar-refractivity contribution in [2.45, 2.75) is 48.2 Å². The predicted octanol–water partition coefficient (Wildman–Crippen LogP) is 2.51. The lowest BCUT2D eigenvalue weighted by Gasteiger charge is -2.41. The van der Waals surface area contributed by atoms with Crippen molar-refractivity contribution in [3.8, 4) is 12.1 Å². The molecule has 2 aliphatic heterocycles. The Morgan fingerprint density at radius 2 is 1.73 bits per heavy atom. The Morgan fingerprint density at radius 3 is 2.29 bits per heavy atom. The van der Waals surface area contributed by atoms with E-state index in [0.29, 0.717) is 63.4 Å². The third-order valence-electron chi connectivity index (χ3n) is 7.55. The number of carbonyl (C=O) groups excluding carboxylic acids is 3. The molecule has 4 rings (SSSR count). The van der Waals surface area contributed by atoms with Crippen LogP contribution in [0, 0.1) is 22.7 Å². The standard InChI is InChI=1S/C29H30F3N7O5S/c1-2-19-20(16-33)23(38-10-12-39(13-11-38)26(41)28(35)8-14-43-15-9-28)36-25(21(19)17-34)45-22(18-6-4-3-5-7-18)24(40)37-44-27(42)29(30,31)32/h3-7,22H,2,8-15,35H2,1H3,(H,37,40). The Kier molecular flexibility index (Phi) is 10.5. The monoisotopic (exact) mass is 645 g/mol. The van der Waals surface area contributed by atoms with Crippen LogP contribution in [0.5, 0.6) is 0 Å². The van der Waals surface area contributed by atoms with E-state index in [0.717, 1.165) is 11.8 Å². The van der Waals surface area contributed by atoms with E-state index >= 15 is 0 Å². The van der Waals surface area contributed by atoms with Gasteiger partial charge in [-0.15, -0.1) is 0 Å².